The molecule has 1 heterocycles. The van der Waals surface area contributed by atoms with Crippen LogP contribution in [0.5, 0.6) is 0 Å². The SMILES string of the molecule is CC1(C)[C@@H](O[C@@H]2O[C@H](CO)[C@@H](O)[C@H](O)[C@H]2O)CC[C@]2(C)[C@H]3CC=C4[C@@H]5C[C@]6(C)CC[C@]5(C(=O)O)C6C[C@@]4(C)[C@]3(C)CC[C@@H]12. The zero-order chi connectivity index (χ0) is 31.1. The zero-order valence-electron chi connectivity index (χ0n) is 26.9. The number of aliphatic carboxylic acids is 1. The lowest BCUT2D eigenvalue weighted by atomic mass is 9.34. The molecule has 1 unspecified atom stereocenters. The van der Waals surface area contributed by atoms with Gasteiger partial charge in [0.2, 0.25) is 0 Å². The largest absolute Gasteiger partial charge is 0.481 e. The molecule has 8 nitrogen and oxygen atoms in total. The molecule has 8 heteroatoms. The van der Waals surface area contributed by atoms with Crippen molar-refractivity contribution in [2.45, 2.75) is 136 Å². The van der Waals surface area contributed by atoms with Gasteiger partial charge in [-0.3, -0.25) is 4.79 Å². The van der Waals surface area contributed by atoms with Gasteiger partial charge in [0.25, 0.3) is 0 Å². The van der Waals surface area contributed by atoms with Crippen molar-refractivity contribution in [1.82, 2.24) is 0 Å². The molecule has 0 amide bonds. The second-order valence-electron chi connectivity index (χ2n) is 17.5. The number of aliphatic hydroxyl groups is 4. The molecule has 0 aromatic heterocycles. The van der Waals surface area contributed by atoms with E-state index in [9.17, 15) is 30.3 Å². The summed E-state index contributed by atoms with van der Waals surface area (Å²) in [4.78, 5) is 12.9. The molecule has 242 valence electrons. The Balaban J connectivity index is 1.18. The topological polar surface area (TPSA) is 137 Å². The summed E-state index contributed by atoms with van der Waals surface area (Å²) in [5.41, 5.74) is 0.929. The quantitative estimate of drug-likeness (QED) is 0.238. The van der Waals surface area contributed by atoms with E-state index in [4.69, 9.17) is 9.47 Å². The van der Waals surface area contributed by atoms with Crippen molar-refractivity contribution < 1.29 is 39.8 Å². The van der Waals surface area contributed by atoms with E-state index in [-0.39, 0.29) is 45.0 Å². The minimum absolute atomic E-state index is 0.00585. The first-order valence-corrected chi connectivity index (χ1v) is 16.9. The van der Waals surface area contributed by atoms with E-state index in [1.54, 1.807) is 0 Å². The molecule has 0 aromatic carbocycles. The maximum Gasteiger partial charge on any atom is 0.310 e. The van der Waals surface area contributed by atoms with Gasteiger partial charge in [-0.2, -0.15) is 0 Å². The summed E-state index contributed by atoms with van der Waals surface area (Å²) in [6.07, 6.45) is 4.75. The molecule has 43 heavy (non-hydrogen) atoms. The smallest absolute Gasteiger partial charge is 0.310 e. The van der Waals surface area contributed by atoms with Crippen LogP contribution in [0.4, 0.5) is 0 Å². The van der Waals surface area contributed by atoms with E-state index in [0.29, 0.717) is 11.8 Å². The number of ether oxygens (including phenoxy) is 2. The third-order valence-corrected chi connectivity index (χ3v) is 15.9. The Labute approximate surface area is 256 Å². The second kappa shape index (κ2) is 9.28. The van der Waals surface area contributed by atoms with Crippen molar-refractivity contribution >= 4 is 5.97 Å². The molecule has 6 fully saturated rings. The fraction of sp³-hybridized carbons (Fsp3) is 0.914. The predicted molar refractivity (Wildman–Crippen MR) is 159 cm³/mol. The average molecular weight is 603 g/mol. The highest BCUT2D eigenvalue weighted by molar-refractivity contribution is 5.78. The third kappa shape index (κ3) is 3.57. The highest BCUT2D eigenvalue weighted by atomic mass is 16.7. The molecule has 6 aliphatic carbocycles. The second-order valence-corrected chi connectivity index (χ2v) is 17.5. The number of carbonyl (C=O) groups is 1. The van der Waals surface area contributed by atoms with E-state index < -0.39 is 48.7 Å². The fourth-order valence-corrected chi connectivity index (χ4v) is 13.4. The van der Waals surface area contributed by atoms with Gasteiger partial charge in [0, 0.05) is 0 Å². The van der Waals surface area contributed by atoms with Gasteiger partial charge in [-0.05, 0) is 109 Å². The van der Waals surface area contributed by atoms with E-state index >= 15 is 0 Å². The van der Waals surface area contributed by atoms with Gasteiger partial charge < -0.3 is 35.0 Å². The van der Waals surface area contributed by atoms with Crippen molar-refractivity contribution in [3.05, 3.63) is 11.6 Å². The monoisotopic (exact) mass is 602 g/mol. The Morgan fingerprint density at radius 1 is 0.907 bits per heavy atom. The lowest BCUT2D eigenvalue weighted by Crippen LogP contribution is -2.65. The van der Waals surface area contributed by atoms with Crippen molar-refractivity contribution in [2.75, 3.05) is 6.61 Å². The maximum atomic E-state index is 12.9. The Morgan fingerprint density at radius 3 is 2.30 bits per heavy atom. The Bertz CT molecular complexity index is 1210. The molecule has 7 rings (SSSR count). The lowest BCUT2D eigenvalue weighted by Gasteiger charge is -2.70. The van der Waals surface area contributed by atoms with Gasteiger partial charge in [-0.25, -0.2) is 0 Å². The molecule has 15 atom stereocenters. The van der Waals surface area contributed by atoms with Crippen LogP contribution >= 0.6 is 0 Å². The first-order valence-electron chi connectivity index (χ1n) is 16.9. The van der Waals surface area contributed by atoms with Crippen LogP contribution in [-0.4, -0.2) is 74.9 Å². The van der Waals surface area contributed by atoms with Crippen LogP contribution in [0.3, 0.4) is 0 Å². The third-order valence-electron chi connectivity index (χ3n) is 15.9. The predicted octanol–water partition coefficient (Wildman–Crippen LogP) is 4.28. The number of hydrogen-bond donors (Lipinski definition) is 5. The van der Waals surface area contributed by atoms with Crippen molar-refractivity contribution in [3.8, 4) is 0 Å². The van der Waals surface area contributed by atoms with E-state index in [1.165, 1.54) is 5.57 Å². The molecular weight excluding hydrogens is 548 g/mol. The van der Waals surface area contributed by atoms with E-state index in [2.05, 4.69) is 47.6 Å². The number of fused-ring (bicyclic) bond motifs is 6. The Kier molecular flexibility index (Phi) is 6.61. The molecule has 0 radical (unpaired) electrons. The number of hydrogen-bond acceptors (Lipinski definition) is 7. The molecule has 1 saturated heterocycles. The molecule has 1 aliphatic heterocycles. The van der Waals surface area contributed by atoms with E-state index in [1.807, 2.05) is 0 Å². The standard InChI is InChI=1S/C35H54O8/c1-30(2)21-9-12-33(5)22(32(21,4)11-10-24(30)43-28-27(39)26(38)25(37)20(17-36)42-28)8-7-18-19-15-31(3)13-14-35(19,29(40)41)23(31)16-34(18,33)6/h7,19-28,36-39H,8-17H2,1-6H3,(H,40,41)/t19-,20+,21-,22+,23?,24-,25+,26-,27+,28-,31-,32-,33+,34+,35+/m0/s1. The summed E-state index contributed by atoms with van der Waals surface area (Å²) in [6.45, 7) is 14.0. The normalized spacial score (nSPS) is 58.2. The molecule has 5 saturated carbocycles. The van der Waals surface area contributed by atoms with Gasteiger partial charge in [0.15, 0.2) is 6.29 Å². The molecule has 5 N–H and O–H groups in total. The zero-order valence-corrected chi connectivity index (χ0v) is 26.9. The van der Waals surface area contributed by atoms with Crippen LogP contribution in [0.2, 0.25) is 0 Å². The van der Waals surface area contributed by atoms with Gasteiger partial charge in [0.05, 0.1) is 18.1 Å². The minimum atomic E-state index is -1.45. The average Bonchev–Trinajstić information content (AvgIpc) is 3.32. The lowest BCUT2D eigenvalue weighted by molar-refractivity contribution is -0.330. The number of rotatable bonds is 4. The van der Waals surface area contributed by atoms with E-state index in [0.717, 1.165) is 57.8 Å². The van der Waals surface area contributed by atoms with Crippen LogP contribution in [0.15, 0.2) is 11.6 Å². The maximum absolute atomic E-state index is 12.9. The molecular formula is C35H54O8. The molecule has 0 aromatic rings. The molecule has 7 aliphatic rings. The summed E-state index contributed by atoms with van der Waals surface area (Å²) in [7, 11) is 0. The first kappa shape index (κ1) is 30.6. The summed E-state index contributed by atoms with van der Waals surface area (Å²) in [6, 6.07) is 0. The number of carboxylic acids is 1. The van der Waals surface area contributed by atoms with Gasteiger partial charge in [0.1, 0.15) is 24.4 Å². The van der Waals surface area contributed by atoms with Crippen LogP contribution in [0.25, 0.3) is 0 Å². The van der Waals surface area contributed by atoms with Crippen LogP contribution < -0.4 is 0 Å². The number of carboxylic acid groups (broad SMARTS) is 1. The fourth-order valence-electron chi connectivity index (χ4n) is 13.4. The minimum Gasteiger partial charge on any atom is -0.481 e. The first-order chi connectivity index (χ1) is 20.0. The Morgan fingerprint density at radius 2 is 1.63 bits per heavy atom. The van der Waals surface area contributed by atoms with Gasteiger partial charge in [-0.1, -0.05) is 53.2 Å². The highest BCUT2D eigenvalue weighted by Crippen LogP contribution is 2.82. The Hall–Kier alpha value is -1.03. The van der Waals surface area contributed by atoms with Gasteiger partial charge >= 0.3 is 5.97 Å². The van der Waals surface area contributed by atoms with Gasteiger partial charge in [-0.15, -0.1) is 0 Å². The van der Waals surface area contributed by atoms with Crippen LogP contribution in [0.1, 0.15) is 99.3 Å². The van der Waals surface area contributed by atoms with Crippen LogP contribution in [-0.2, 0) is 14.3 Å². The molecule has 0 spiro atoms. The van der Waals surface area contributed by atoms with Crippen molar-refractivity contribution in [3.63, 3.8) is 0 Å². The summed E-state index contributed by atoms with van der Waals surface area (Å²) < 4.78 is 12.2. The number of allylic oxidation sites excluding steroid dienone is 2. The number of aliphatic hydroxyl groups excluding tert-OH is 4. The van der Waals surface area contributed by atoms with Crippen molar-refractivity contribution in [2.24, 2.45) is 56.2 Å². The summed E-state index contributed by atoms with van der Waals surface area (Å²) in [5.74, 6) is 0.692. The van der Waals surface area contributed by atoms with Crippen LogP contribution in [0, 0.1) is 56.2 Å². The van der Waals surface area contributed by atoms with Crippen molar-refractivity contribution in [1.29, 1.82) is 0 Å². The molecule has 4 bridgehead atoms. The summed E-state index contributed by atoms with van der Waals surface area (Å²) >= 11 is 0. The highest BCUT2D eigenvalue weighted by Gasteiger charge is 2.77. The summed E-state index contributed by atoms with van der Waals surface area (Å²) in [5, 5.41) is 51.6.